The summed E-state index contributed by atoms with van der Waals surface area (Å²) in [4.78, 5) is 5.02. The van der Waals surface area contributed by atoms with Crippen molar-refractivity contribution in [2.24, 2.45) is 0 Å². The van der Waals surface area contributed by atoms with Gasteiger partial charge in [-0.3, -0.25) is 4.57 Å². The van der Waals surface area contributed by atoms with E-state index in [1.54, 1.807) is 12.1 Å². The molecule has 6 rings (SSSR count). The fraction of sp³-hybridized carbons (Fsp3) is 0.290. The van der Waals surface area contributed by atoms with E-state index in [0.717, 1.165) is 69.2 Å². The van der Waals surface area contributed by atoms with E-state index in [0.29, 0.717) is 0 Å². The van der Waals surface area contributed by atoms with E-state index in [1.165, 1.54) is 28.1 Å². The Hall–Kier alpha value is -3.77. The SMILES string of the molecule is Cc1nnc2n1-c1ccccc1N(CCCN1CCC(=C(c3ccccc3)c3ccc(F)cc3)CC1)C2. The molecule has 0 unspecified atom stereocenters. The van der Waals surface area contributed by atoms with Gasteiger partial charge in [-0.15, -0.1) is 10.2 Å². The molecule has 0 aliphatic carbocycles. The smallest absolute Gasteiger partial charge is 0.157 e. The summed E-state index contributed by atoms with van der Waals surface area (Å²) >= 11 is 0. The summed E-state index contributed by atoms with van der Waals surface area (Å²) in [6, 6.07) is 26.0. The summed E-state index contributed by atoms with van der Waals surface area (Å²) < 4.78 is 15.8. The minimum atomic E-state index is -0.192. The third kappa shape index (κ3) is 4.81. The predicted octanol–water partition coefficient (Wildman–Crippen LogP) is 6.02. The van der Waals surface area contributed by atoms with Gasteiger partial charge in [-0.25, -0.2) is 4.39 Å². The van der Waals surface area contributed by atoms with Crippen LogP contribution in [0, 0.1) is 12.7 Å². The molecular formula is C31H32FN5. The van der Waals surface area contributed by atoms with Crippen LogP contribution in [0.2, 0.25) is 0 Å². The zero-order chi connectivity index (χ0) is 25.2. The van der Waals surface area contributed by atoms with Crippen LogP contribution in [-0.2, 0) is 6.54 Å². The van der Waals surface area contributed by atoms with Gasteiger partial charge in [-0.1, -0.05) is 60.2 Å². The molecule has 6 heteroatoms. The zero-order valence-corrected chi connectivity index (χ0v) is 21.3. The molecule has 3 heterocycles. The van der Waals surface area contributed by atoms with Crippen molar-refractivity contribution in [2.75, 3.05) is 31.1 Å². The highest BCUT2D eigenvalue weighted by Crippen LogP contribution is 2.34. The second-order valence-corrected chi connectivity index (χ2v) is 9.96. The van der Waals surface area contributed by atoms with Crippen LogP contribution in [0.3, 0.4) is 0 Å². The molecule has 0 saturated carbocycles. The van der Waals surface area contributed by atoms with Crippen LogP contribution in [-0.4, -0.2) is 45.8 Å². The third-order valence-corrected chi connectivity index (χ3v) is 7.60. The molecule has 2 aliphatic rings. The lowest BCUT2D eigenvalue weighted by Gasteiger charge is -2.33. The molecule has 0 atom stereocenters. The van der Waals surface area contributed by atoms with Crippen LogP contribution < -0.4 is 4.90 Å². The van der Waals surface area contributed by atoms with Crippen LogP contribution in [0.1, 0.15) is 42.0 Å². The number of hydrogen-bond acceptors (Lipinski definition) is 4. The number of fused-ring (bicyclic) bond motifs is 3. The summed E-state index contributed by atoms with van der Waals surface area (Å²) in [5, 5.41) is 8.73. The number of hydrogen-bond donors (Lipinski definition) is 0. The first-order chi connectivity index (χ1) is 18.2. The summed E-state index contributed by atoms with van der Waals surface area (Å²) in [5.74, 6) is 1.76. The molecule has 0 N–H and O–H groups in total. The fourth-order valence-electron chi connectivity index (χ4n) is 5.78. The number of piperidine rings is 1. The Labute approximate surface area is 217 Å². The second-order valence-electron chi connectivity index (χ2n) is 9.96. The lowest BCUT2D eigenvalue weighted by Crippen LogP contribution is -2.35. The monoisotopic (exact) mass is 493 g/mol. The molecule has 5 nitrogen and oxygen atoms in total. The highest BCUT2D eigenvalue weighted by molar-refractivity contribution is 5.82. The van der Waals surface area contributed by atoms with Crippen molar-refractivity contribution in [3.63, 3.8) is 0 Å². The maximum absolute atomic E-state index is 13.6. The number of aromatic nitrogens is 3. The molecule has 0 spiro atoms. The summed E-state index contributed by atoms with van der Waals surface area (Å²) in [7, 11) is 0. The Morgan fingerprint density at radius 2 is 1.46 bits per heavy atom. The van der Waals surface area contributed by atoms with E-state index in [4.69, 9.17) is 0 Å². The molecule has 0 radical (unpaired) electrons. The van der Waals surface area contributed by atoms with Gasteiger partial charge in [0.15, 0.2) is 5.82 Å². The minimum absolute atomic E-state index is 0.192. The quantitative estimate of drug-likeness (QED) is 0.329. The molecule has 37 heavy (non-hydrogen) atoms. The van der Waals surface area contributed by atoms with Crippen molar-refractivity contribution in [1.82, 2.24) is 19.7 Å². The van der Waals surface area contributed by atoms with Crippen molar-refractivity contribution >= 4 is 11.3 Å². The van der Waals surface area contributed by atoms with Crippen LogP contribution in [0.4, 0.5) is 10.1 Å². The number of likely N-dealkylation sites (tertiary alicyclic amines) is 1. The molecule has 3 aromatic carbocycles. The maximum atomic E-state index is 13.6. The molecule has 0 amide bonds. The summed E-state index contributed by atoms with van der Waals surface area (Å²) in [6.07, 6.45) is 3.18. The molecule has 188 valence electrons. The lowest BCUT2D eigenvalue weighted by molar-refractivity contribution is 0.254. The van der Waals surface area contributed by atoms with Crippen LogP contribution in [0.25, 0.3) is 11.3 Å². The van der Waals surface area contributed by atoms with E-state index in [9.17, 15) is 4.39 Å². The lowest BCUT2D eigenvalue weighted by atomic mass is 9.88. The van der Waals surface area contributed by atoms with Gasteiger partial charge >= 0.3 is 0 Å². The average Bonchev–Trinajstić information content (AvgIpc) is 3.32. The van der Waals surface area contributed by atoms with Gasteiger partial charge < -0.3 is 9.80 Å². The fourth-order valence-corrected chi connectivity index (χ4v) is 5.78. The largest absolute Gasteiger partial charge is 0.362 e. The summed E-state index contributed by atoms with van der Waals surface area (Å²) in [6.45, 7) is 6.99. The number of anilines is 1. The molecule has 1 saturated heterocycles. The number of rotatable bonds is 6. The van der Waals surface area contributed by atoms with Crippen molar-refractivity contribution in [1.29, 1.82) is 0 Å². The van der Waals surface area contributed by atoms with E-state index >= 15 is 0 Å². The van der Waals surface area contributed by atoms with Crippen molar-refractivity contribution in [2.45, 2.75) is 32.7 Å². The van der Waals surface area contributed by atoms with Crippen molar-refractivity contribution in [3.05, 3.63) is 113 Å². The van der Waals surface area contributed by atoms with E-state index in [-0.39, 0.29) is 5.82 Å². The maximum Gasteiger partial charge on any atom is 0.157 e. The normalized spacial score (nSPS) is 15.4. The first-order valence-electron chi connectivity index (χ1n) is 13.2. The third-order valence-electron chi connectivity index (χ3n) is 7.60. The van der Waals surface area contributed by atoms with E-state index < -0.39 is 0 Å². The number of benzene rings is 3. The molecule has 1 aromatic heterocycles. The van der Waals surface area contributed by atoms with Gasteiger partial charge in [0, 0.05) is 19.6 Å². The zero-order valence-electron chi connectivity index (χ0n) is 21.3. The topological polar surface area (TPSA) is 37.2 Å². The number of nitrogens with zero attached hydrogens (tertiary/aromatic N) is 5. The van der Waals surface area contributed by atoms with Crippen LogP contribution in [0.5, 0.6) is 0 Å². The minimum Gasteiger partial charge on any atom is -0.362 e. The molecular weight excluding hydrogens is 461 g/mol. The van der Waals surface area contributed by atoms with Crippen LogP contribution in [0.15, 0.2) is 84.4 Å². The molecule has 4 aromatic rings. The Kier molecular flexibility index (Phi) is 6.58. The predicted molar refractivity (Wildman–Crippen MR) is 146 cm³/mol. The Morgan fingerprint density at radius 1 is 0.784 bits per heavy atom. The Morgan fingerprint density at radius 3 is 2.22 bits per heavy atom. The molecule has 0 bridgehead atoms. The summed E-state index contributed by atoms with van der Waals surface area (Å²) in [5.41, 5.74) is 7.48. The number of halogens is 1. The van der Waals surface area contributed by atoms with Gasteiger partial charge in [0.2, 0.25) is 0 Å². The second kappa shape index (κ2) is 10.3. The molecule has 2 aliphatic heterocycles. The standard InChI is InChI=1S/C31H32FN5/c1-23-33-34-30-22-36(28-10-5-6-11-29(28)37(23)30)19-7-18-35-20-16-26(17-21-35)31(24-8-3-2-4-9-24)25-12-14-27(32)15-13-25/h2-6,8-15H,7,16-22H2,1H3. The van der Waals surface area contributed by atoms with Crippen molar-refractivity contribution < 1.29 is 4.39 Å². The van der Waals surface area contributed by atoms with Gasteiger partial charge in [-0.2, -0.15) is 0 Å². The highest BCUT2D eigenvalue weighted by atomic mass is 19.1. The van der Waals surface area contributed by atoms with Gasteiger partial charge in [0.1, 0.15) is 11.6 Å². The average molecular weight is 494 g/mol. The first-order valence-corrected chi connectivity index (χ1v) is 13.2. The van der Waals surface area contributed by atoms with Gasteiger partial charge in [0.25, 0.3) is 0 Å². The van der Waals surface area contributed by atoms with Crippen molar-refractivity contribution in [3.8, 4) is 5.69 Å². The van der Waals surface area contributed by atoms with Gasteiger partial charge in [0.05, 0.1) is 17.9 Å². The number of aryl methyl sites for hydroxylation is 1. The first kappa shape index (κ1) is 23.6. The highest BCUT2D eigenvalue weighted by Gasteiger charge is 2.25. The van der Waals surface area contributed by atoms with E-state index in [2.05, 4.69) is 73.1 Å². The Balaban J connectivity index is 1.11. The van der Waals surface area contributed by atoms with E-state index in [1.807, 2.05) is 25.1 Å². The number of para-hydroxylation sites is 2. The van der Waals surface area contributed by atoms with Crippen LogP contribution >= 0.6 is 0 Å². The Bertz CT molecular complexity index is 1400. The van der Waals surface area contributed by atoms with Gasteiger partial charge in [-0.05, 0) is 73.7 Å². The molecule has 1 fully saturated rings.